The molecule has 0 amide bonds. The van der Waals surface area contributed by atoms with Crippen molar-refractivity contribution < 1.29 is 4.74 Å². The SMILES string of the molecule is CNc1nc(C2CCCO2)nc(C2CCCC2)c1I. The lowest BCUT2D eigenvalue weighted by Crippen LogP contribution is -2.12. The molecule has 0 aromatic carbocycles. The van der Waals surface area contributed by atoms with Gasteiger partial charge in [-0.05, 0) is 48.3 Å². The number of ether oxygens (including phenoxy) is 1. The van der Waals surface area contributed by atoms with Crippen molar-refractivity contribution in [3.63, 3.8) is 0 Å². The molecule has 2 heterocycles. The number of nitrogens with zero attached hydrogens (tertiary/aromatic N) is 2. The molecule has 2 fully saturated rings. The van der Waals surface area contributed by atoms with E-state index >= 15 is 0 Å². The summed E-state index contributed by atoms with van der Waals surface area (Å²) in [6.07, 6.45) is 7.46. The van der Waals surface area contributed by atoms with E-state index in [1.165, 1.54) is 34.9 Å². The van der Waals surface area contributed by atoms with Crippen LogP contribution >= 0.6 is 22.6 Å². The highest BCUT2D eigenvalue weighted by atomic mass is 127. The third-order valence-corrected chi connectivity index (χ3v) is 5.15. The first kappa shape index (κ1) is 13.5. The molecule has 0 bridgehead atoms. The Morgan fingerprint density at radius 3 is 2.58 bits per heavy atom. The second-order valence-corrected chi connectivity index (χ2v) is 6.44. The third-order valence-electron chi connectivity index (χ3n) is 4.09. The van der Waals surface area contributed by atoms with Crippen LogP contribution in [0.15, 0.2) is 0 Å². The second-order valence-electron chi connectivity index (χ2n) is 5.36. The zero-order chi connectivity index (χ0) is 13.2. The van der Waals surface area contributed by atoms with Crippen molar-refractivity contribution in [2.45, 2.75) is 50.5 Å². The Bertz CT molecular complexity index is 454. The molecule has 1 aromatic heterocycles. The Morgan fingerprint density at radius 1 is 1.16 bits per heavy atom. The van der Waals surface area contributed by atoms with Crippen LogP contribution in [0.3, 0.4) is 0 Å². The summed E-state index contributed by atoms with van der Waals surface area (Å²) in [5.41, 5.74) is 1.24. The van der Waals surface area contributed by atoms with Crippen molar-refractivity contribution in [2.75, 3.05) is 19.0 Å². The van der Waals surface area contributed by atoms with Gasteiger partial charge in [-0.3, -0.25) is 0 Å². The van der Waals surface area contributed by atoms with Gasteiger partial charge in [0.15, 0.2) is 5.82 Å². The third kappa shape index (κ3) is 2.72. The molecule has 4 nitrogen and oxygen atoms in total. The second kappa shape index (κ2) is 5.91. The molecule has 1 saturated carbocycles. The summed E-state index contributed by atoms with van der Waals surface area (Å²) in [5, 5.41) is 3.21. The van der Waals surface area contributed by atoms with E-state index in [9.17, 15) is 0 Å². The number of hydrogen-bond acceptors (Lipinski definition) is 4. The fraction of sp³-hybridized carbons (Fsp3) is 0.714. The van der Waals surface area contributed by atoms with Crippen molar-refractivity contribution in [2.24, 2.45) is 0 Å². The van der Waals surface area contributed by atoms with Crippen LogP contribution in [0.5, 0.6) is 0 Å². The first-order valence-corrected chi connectivity index (χ1v) is 8.24. The van der Waals surface area contributed by atoms with Crippen molar-refractivity contribution in [1.29, 1.82) is 0 Å². The van der Waals surface area contributed by atoms with Gasteiger partial charge in [0.25, 0.3) is 0 Å². The van der Waals surface area contributed by atoms with Crippen LogP contribution in [0.25, 0.3) is 0 Å². The Balaban J connectivity index is 1.98. The standard InChI is InChI=1S/C14H20IN3O/c1-16-14-11(15)12(9-5-2-3-6-9)17-13(18-14)10-7-4-8-19-10/h9-10H,2-8H2,1H3,(H,16,17,18). The first-order chi connectivity index (χ1) is 9.29. The minimum Gasteiger partial charge on any atom is -0.372 e. The number of aromatic nitrogens is 2. The minimum absolute atomic E-state index is 0.101. The Morgan fingerprint density at radius 2 is 1.95 bits per heavy atom. The van der Waals surface area contributed by atoms with E-state index in [0.717, 1.165) is 31.1 Å². The van der Waals surface area contributed by atoms with Crippen LogP contribution in [0.4, 0.5) is 5.82 Å². The molecule has 3 rings (SSSR count). The quantitative estimate of drug-likeness (QED) is 0.822. The van der Waals surface area contributed by atoms with Crippen LogP contribution in [-0.4, -0.2) is 23.6 Å². The van der Waals surface area contributed by atoms with Gasteiger partial charge in [0, 0.05) is 19.6 Å². The van der Waals surface area contributed by atoms with Crippen LogP contribution in [0.2, 0.25) is 0 Å². The number of anilines is 1. The van der Waals surface area contributed by atoms with Gasteiger partial charge in [-0.2, -0.15) is 0 Å². The van der Waals surface area contributed by atoms with E-state index in [4.69, 9.17) is 9.72 Å². The number of hydrogen-bond donors (Lipinski definition) is 1. The van der Waals surface area contributed by atoms with Gasteiger partial charge in [-0.15, -0.1) is 0 Å². The Hall–Kier alpha value is -0.430. The van der Waals surface area contributed by atoms with E-state index in [0.29, 0.717) is 5.92 Å². The molecule has 1 aliphatic carbocycles. The highest BCUT2D eigenvalue weighted by Crippen LogP contribution is 2.38. The van der Waals surface area contributed by atoms with Gasteiger partial charge < -0.3 is 10.1 Å². The average molecular weight is 373 g/mol. The molecular weight excluding hydrogens is 353 g/mol. The summed E-state index contributed by atoms with van der Waals surface area (Å²) in [6, 6.07) is 0. The van der Waals surface area contributed by atoms with Crippen molar-refractivity contribution in [3.8, 4) is 0 Å². The van der Waals surface area contributed by atoms with E-state index in [-0.39, 0.29) is 6.10 Å². The van der Waals surface area contributed by atoms with Crippen molar-refractivity contribution in [1.82, 2.24) is 9.97 Å². The molecule has 19 heavy (non-hydrogen) atoms. The summed E-state index contributed by atoms with van der Waals surface area (Å²) in [5.74, 6) is 2.45. The summed E-state index contributed by atoms with van der Waals surface area (Å²) in [7, 11) is 1.93. The van der Waals surface area contributed by atoms with Gasteiger partial charge >= 0.3 is 0 Å². The predicted octanol–water partition coefficient (Wildman–Crippen LogP) is 3.63. The molecule has 1 atom stereocenters. The highest BCUT2D eigenvalue weighted by Gasteiger charge is 2.27. The molecular formula is C14H20IN3O. The van der Waals surface area contributed by atoms with Crippen molar-refractivity contribution in [3.05, 3.63) is 15.1 Å². The van der Waals surface area contributed by atoms with Crippen molar-refractivity contribution >= 4 is 28.4 Å². The largest absolute Gasteiger partial charge is 0.372 e. The molecule has 0 spiro atoms. The minimum atomic E-state index is 0.101. The number of rotatable bonds is 3. The fourth-order valence-corrected chi connectivity index (χ4v) is 3.99. The van der Waals surface area contributed by atoms with Gasteiger partial charge in [0.1, 0.15) is 11.9 Å². The normalized spacial score (nSPS) is 24.0. The molecule has 0 radical (unpaired) electrons. The summed E-state index contributed by atoms with van der Waals surface area (Å²) < 4.78 is 6.93. The molecule has 1 unspecified atom stereocenters. The van der Waals surface area contributed by atoms with Gasteiger partial charge in [0.05, 0.1) is 9.26 Å². The predicted molar refractivity (Wildman–Crippen MR) is 83.4 cm³/mol. The Labute approximate surface area is 127 Å². The maximum Gasteiger partial charge on any atom is 0.159 e. The lowest BCUT2D eigenvalue weighted by Gasteiger charge is -2.17. The average Bonchev–Trinajstić information content (AvgIpc) is 3.12. The van der Waals surface area contributed by atoms with E-state index in [1.807, 2.05) is 7.05 Å². The van der Waals surface area contributed by atoms with Gasteiger partial charge in [0.2, 0.25) is 0 Å². The zero-order valence-corrected chi connectivity index (χ0v) is 13.4. The highest BCUT2D eigenvalue weighted by molar-refractivity contribution is 14.1. The maximum atomic E-state index is 5.74. The Kier molecular flexibility index (Phi) is 4.21. The molecule has 1 aliphatic heterocycles. The molecule has 104 valence electrons. The molecule has 1 aromatic rings. The maximum absolute atomic E-state index is 5.74. The number of halogens is 1. The van der Waals surface area contributed by atoms with Crippen LogP contribution in [-0.2, 0) is 4.74 Å². The van der Waals surface area contributed by atoms with E-state index < -0.39 is 0 Å². The van der Waals surface area contributed by atoms with E-state index in [1.54, 1.807) is 0 Å². The summed E-state index contributed by atoms with van der Waals surface area (Å²) >= 11 is 2.38. The molecule has 1 N–H and O–H groups in total. The molecule has 5 heteroatoms. The summed E-state index contributed by atoms with van der Waals surface area (Å²) in [6.45, 7) is 0.841. The van der Waals surface area contributed by atoms with Gasteiger partial charge in [-0.1, -0.05) is 12.8 Å². The zero-order valence-electron chi connectivity index (χ0n) is 11.3. The van der Waals surface area contributed by atoms with E-state index in [2.05, 4.69) is 32.9 Å². The lowest BCUT2D eigenvalue weighted by atomic mass is 10.0. The number of nitrogens with one attached hydrogen (secondary N) is 1. The van der Waals surface area contributed by atoms with Crippen LogP contribution < -0.4 is 5.32 Å². The smallest absolute Gasteiger partial charge is 0.159 e. The molecule has 2 aliphatic rings. The topological polar surface area (TPSA) is 47.0 Å². The van der Waals surface area contributed by atoms with Gasteiger partial charge in [-0.25, -0.2) is 9.97 Å². The lowest BCUT2D eigenvalue weighted by molar-refractivity contribution is 0.105. The summed E-state index contributed by atoms with van der Waals surface area (Å²) in [4.78, 5) is 9.51. The van der Waals surface area contributed by atoms with Crippen LogP contribution in [0, 0.1) is 3.57 Å². The van der Waals surface area contributed by atoms with Crippen LogP contribution in [0.1, 0.15) is 62.1 Å². The monoisotopic (exact) mass is 373 g/mol. The first-order valence-electron chi connectivity index (χ1n) is 7.16. The molecule has 1 saturated heterocycles. The fourth-order valence-electron chi connectivity index (χ4n) is 3.04.